The van der Waals surface area contributed by atoms with E-state index in [1.54, 1.807) is 18.2 Å². The highest BCUT2D eigenvalue weighted by atomic mass is 32.2. The summed E-state index contributed by atoms with van der Waals surface area (Å²) in [5, 5.41) is 6.30. The molecule has 1 aromatic carbocycles. The van der Waals surface area contributed by atoms with E-state index in [-0.39, 0.29) is 16.6 Å². The minimum Gasteiger partial charge on any atom is -0.348 e. The van der Waals surface area contributed by atoms with Crippen molar-refractivity contribution < 1.29 is 17.7 Å². The number of rotatable bonds is 10. The average Bonchev–Trinajstić information content (AvgIpc) is 3.10. The van der Waals surface area contributed by atoms with Gasteiger partial charge in [-0.05, 0) is 38.2 Å². The molecule has 142 valence electrons. The summed E-state index contributed by atoms with van der Waals surface area (Å²) in [4.78, 5) is 18.3. The molecule has 1 amide bonds. The summed E-state index contributed by atoms with van der Waals surface area (Å²) in [6.07, 6.45) is 0.802. The normalized spacial score (nSPS) is 11.7. The third kappa shape index (κ3) is 5.63. The Labute approximate surface area is 153 Å². The van der Waals surface area contributed by atoms with Crippen LogP contribution in [0.3, 0.4) is 0 Å². The Morgan fingerprint density at radius 1 is 1.19 bits per heavy atom. The monoisotopic (exact) mass is 380 g/mol. The van der Waals surface area contributed by atoms with Crippen molar-refractivity contribution in [2.24, 2.45) is 0 Å². The smallest absolute Gasteiger partial charge is 0.315 e. The first-order chi connectivity index (χ1) is 12.5. The standard InChI is InChI=1S/C17H24N4O4S/c1-3-21(4-2)12-8-11-18-16(22)17-19-15(20-25-17)13-26(23,24)14-9-6-5-7-10-14/h5-7,9-10H,3-4,8,11-13H2,1-2H3,(H,18,22). The molecule has 1 heterocycles. The number of sulfone groups is 1. The summed E-state index contributed by atoms with van der Waals surface area (Å²) < 4.78 is 29.5. The van der Waals surface area contributed by atoms with Crippen molar-refractivity contribution in [1.29, 1.82) is 0 Å². The molecule has 0 aliphatic rings. The van der Waals surface area contributed by atoms with Gasteiger partial charge in [-0.25, -0.2) is 8.42 Å². The molecule has 0 unspecified atom stereocenters. The van der Waals surface area contributed by atoms with E-state index in [1.807, 2.05) is 0 Å². The molecule has 0 saturated carbocycles. The summed E-state index contributed by atoms with van der Waals surface area (Å²) in [5.74, 6) is -1.19. The first kappa shape index (κ1) is 20.1. The summed E-state index contributed by atoms with van der Waals surface area (Å²) in [6, 6.07) is 8.01. The van der Waals surface area contributed by atoms with Gasteiger partial charge < -0.3 is 14.7 Å². The van der Waals surface area contributed by atoms with Crippen molar-refractivity contribution in [3.63, 3.8) is 0 Å². The third-order valence-corrected chi connectivity index (χ3v) is 5.54. The Balaban J connectivity index is 1.88. The number of hydrogen-bond acceptors (Lipinski definition) is 7. The van der Waals surface area contributed by atoms with Crippen LogP contribution in [0.15, 0.2) is 39.8 Å². The van der Waals surface area contributed by atoms with Crippen molar-refractivity contribution in [3.8, 4) is 0 Å². The first-order valence-corrected chi connectivity index (χ1v) is 10.2. The fourth-order valence-corrected chi connectivity index (χ4v) is 3.60. The van der Waals surface area contributed by atoms with Gasteiger partial charge in [-0.3, -0.25) is 4.79 Å². The summed E-state index contributed by atoms with van der Waals surface area (Å²) in [6.45, 7) is 7.48. The Bertz CT molecular complexity index is 801. The SMILES string of the molecule is CCN(CC)CCCNC(=O)c1nc(CS(=O)(=O)c2ccccc2)no1. The Hall–Kier alpha value is -2.26. The molecule has 0 spiro atoms. The fourth-order valence-electron chi connectivity index (χ4n) is 2.41. The van der Waals surface area contributed by atoms with Crippen molar-refractivity contribution in [2.75, 3.05) is 26.2 Å². The van der Waals surface area contributed by atoms with Gasteiger partial charge in [0.15, 0.2) is 15.7 Å². The van der Waals surface area contributed by atoms with Crippen LogP contribution in [0, 0.1) is 0 Å². The largest absolute Gasteiger partial charge is 0.348 e. The van der Waals surface area contributed by atoms with E-state index >= 15 is 0 Å². The van der Waals surface area contributed by atoms with E-state index in [0.717, 1.165) is 26.1 Å². The summed E-state index contributed by atoms with van der Waals surface area (Å²) >= 11 is 0. The highest BCUT2D eigenvalue weighted by Gasteiger charge is 2.21. The molecule has 8 nitrogen and oxygen atoms in total. The van der Waals surface area contributed by atoms with Crippen LogP contribution < -0.4 is 5.32 Å². The highest BCUT2D eigenvalue weighted by Crippen LogP contribution is 2.14. The molecule has 0 aliphatic carbocycles. The third-order valence-electron chi connectivity index (χ3n) is 3.91. The maximum Gasteiger partial charge on any atom is 0.315 e. The quantitative estimate of drug-likeness (QED) is 0.623. The minimum atomic E-state index is -3.58. The van der Waals surface area contributed by atoms with Crippen molar-refractivity contribution in [3.05, 3.63) is 42.0 Å². The molecule has 0 aliphatic heterocycles. The van der Waals surface area contributed by atoms with Crippen LogP contribution in [0.4, 0.5) is 0 Å². The number of nitrogens with zero attached hydrogens (tertiary/aromatic N) is 3. The van der Waals surface area contributed by atoms with Crippen LogP contribution in [0.1, 0.15) is 36.8 Å². The lowest BCUT2D eigenvalue weighted by atomic mass is 10.3. The van der Waals surface area contributed by atoms with Crippen LogP contribution in [0.25, 0.3) is 0 Å². The van der Waals surface area contributed by atoms with Gasteiger partial charge in [-0.1, -0.05) is 37.2 Å². The molecule has 26 heavy (non-hydrogen) atoms. The molecule has 9 heteroatoms. The van der Waals surface area contributed by atoms with Crippen LogP contribution in [0.5, 0.6) is 0 Å². The molecule has 0 bridgehead atoms. The van der Waals surface area contributed by atoms with Gasteiger partial charge >= 0.3 is 11.8 Å². The van der Waals surface area contributed by atoms with Gasteiger partial charge in [0.2, 0.25) is 0 Å². The molecule has 1 N–H and O–H groups in total. The second-order valence-corrected chi connectivity index (χ2v) is 7.71. The van der Waals surface area contributed by atoms with Gasteiger partial charge in [0.05, 0.1) is 4.90 Å². The fraction of sp³-hybridized carbons (Fsp3) is 0.471. The van der Waals surface area contributed by atoms with Gasteiger partial charge in [0, 0.05) is 6.54 Å². The minimum absolute atomic E-state index is 0.0397. The van der Waals surface area contributed by atoms with E-state index in [9.17, 15) is 13.2 Å². The maximum absolute atomic E-state index is 12.3. The zero-order valence-electron chi connectivity index (χ0n) is 15.0. The lowest BCUT2D eigenvalue weighted by Gasteiger charge is -2.17. The maximum atomic E-state index is 12.3. The zero-order valence-corrected chi connectivity index (χ0v) is 15.8. The van der Waals surface area contributed by atoms with Crippen LogP contribution in [0.2, 0.25) is 0 Å². The number of aromatic nitrogens is 2. The second-order valence-electron chi connectivity index (χ2n) is 5.72. The van der Waals surface area contributed by atoms with Gasteiger partial charge in [0.1, 0.15) is 5.75 Å². The first-order valence-electron chi connectivity index (χ1n) is 8.57. The van der Waals surface area contributed by atoms with Gasteiger partial charge in [0.25, 0.3) is 0 Å². The van der Waals surface area contributed by atoms with Crippen LogP contribution in [-0.4, -0.2) is 55.5 Å². The number of amides is 1. The molecule has 0 radical (unpaired) electrons. The Kier molecular flexibility index (Phi) is 7.28. The van der Waals surface area contributed by atoms with Crippen LogP contribution in [-0.2, 0) is 15.6 Å². The highest BCUT2D eigenvalue weighted by molar-refractivity contribution is 7.90. The number of carbonyl (C=O) groups excluding carboxylic acids is 1. The van der Waals surface area contributed by atoms with Crippen molar-refractivity contribution >= 4 is 15.7 Å². The van der Waals surface area contributed by atoms with E-state index in [0.29, 0.717) is 6.54 Å². The predicted octanol–water partition coefficient (Wildman–Crippen LogP) is 1.51. The predicted molar refractivity (Wildman–Crippen MR) is 96.4 cm³/mol. The average molecular weight is 380 g/mol. The second kappa shape index (κ2) is 9.44. The summed E-state index contributed by atoms with van der Waals surface area (Å²) in [7, 11) is -3.58. The van der Waals surface area contributed by atoms with E-state index < -0.39 is 21.5 Å². The lowest BCUT2D eigenvalue weighted by Crippen LogP contribution is -2.30. The molecular formula is C17H24N4O4S. The molecule has 0 saturated heterocycles. The molecule has 1 aromatic heterocycles. The Morgan fingerprint density at radius 3 is 2.54 bits per heavy atom. The number of nitrogens with one attached hydrogen (secondary N) is 1. The van der Waals surface area contributed by atoms with Gasteiger partial charge in [-0.15, -0.1) is 0 Å². The number of carbonyl (C=O) groups is 1. The van der Waals surface area contributed by atoms with Crippen molar-refractivity contribution in [1.82, 2.24) is 20.4 Å². The summed E-state index contributed by atoms with van der Waals surface area (Å²) in [5.41, 5.74) is 0. The van der Waals surface area contributed by atoms with E-state index in [1.165, 1.54) is 12.1 Å². The molecule has 0 fully saturated rings. The zero-order chi connectivity index (χ0) is 19.0. The number of benzene rings is 1. The van der Waals surface area contributed by atoms with Crippen LogP contribution >= 0.6 is 0 Å². The topological polar surface area (TPSA) is 105 Å². The van der Waals surface area contributed by atoms with E-state index in [4.69, 9.17) is 4.52 Å². The molecule has 2 aromatic rings. The molecular weight excluding hydrogens is 356 g/mol. The lowest BCUT2D eigenvalue weighted by molar-refractivity contribution is 0.0908. The van der Waals surface area contributed by atoms with Gasteiger partial charge in [-0.2, -0.15) is 4.98 Å². The van der Waals surface area contributed by atoms with Crippen molar-refractivity contribution in [2.45, 2.75) is 30.9 Å². The van der Waals surface area contributed by atoms with E-state index in [2.05, 4.69) is 34.2 Å². The number of hydrogen-bond donors (Lipinski definition) is 1. The Morgan fingerprint density at radius 2 is 1.88 bits per heavy atom. The molecule has 0 atom stereocenters. The molecule has 2 rings (SSSR count).